The van der Waals surface area contributed by atoms with Crippen LogP contribution in [-0.4, -0.2) is 11.1 Å². The van der Waals surface area contributed by atoms with Gasteiger partial charge in [-0.3, -0.25) is 4.79 Å². The van der Waals surface area contributed by atoms with Crippen LogP contribution in [0.3, 0.4) is 0 Å². The Labute approximate surface area is 232 Å². The van der Waals surface area contributed by atoms with E-state index in [1.807, 2.05) is 84.9 Å². The minimum Gasteiger partial charge on any atom is -0.480 e. The Morgan fingerprint density at radius 3 is 1.24 bits per heavy atom. The molecule has 0 aliphatic carbocycles. The van der Waals surface area contributed by atoms with Crippen molar-refractivity contribution in [3.63, 3.8) is 0 Å². The third-order valence-electron chi connectivity index (χ3n) is 6.70. The summed E-state index contributed by atoms with van der Waals surface area (Å²) in [4.78, 5) is 12.5. The molecule has 0 amide bonds. The number of benzene rings is 5. The van der Waals surface area contributed by atoms with Crippen molar-refractivity contribution in [2.24, 2.45) is 0 Å². The van der Waals surface area contributed by atoms with Gasteiger partial charge >= 0.3 is 5.97 Å². The van der Waals surface area contributed by atoms with E-state index in [9.17, 15) is 9.90 Å². The number of alkyl halides is 1. The van der Waals surface area contributed by atoms with Crippen molar-refractivity contribution in [2.75, 3.05) is 0 Å². The SMILES string of the molecule is O=C(O)C(Br)(Cc1ccccc1)c1ccc(C(=C(c2ccccc2)c2ccccc2)c2ccccc2)cc1. The van der Waals surface area contributed by atoms with E-state index in [1.165, 1.54) is 0 Å². The lowest BCUT2D eigenvalue weighted by molar-refractivity contribution is -0.139. The van der Waals surface area contributed by atoms with Crippen molar-refractivity contribution in [1.82, 2.24) is 0 Å². The Morgan fingerprint density at radius 2 is 0.868 bits per heavy atom. The Bertz CT molecular complexity index is 1490. The van der Waals surface area contributed by atoms with Gasteiger partial charge in [-0.05, 0) is 44.5 Å². The van der Waals surface area contributed by atoms with Crippen LogP contribution < -0.4 is 0 Å². The highest BCUT2D eigenvalue weighted by Crippen LogP contribution is 2.39. The van der Waals surface area contributed by atoms with Crippen LogP contribution in [0.4, 0.5) is 0 Å². The lowest BCUT2D eigenvalue weighted by atomic mass is 9.84. The normalized spacial score (nSPS) is 12.3. The minimum absolute atomic E-state index is 0.336. The summed E-state index contributed by atoms with van der Waals surface area (Å²) in [6, 6.07) is 48.8. The zero-order chi connectivity index (χ0) is 26.4. The lowest BCUT2D eigenvalue weighted by Gasteiger charge is -2.24. The van der Waals surface area contributed by atoms with E-state index >= 15 is 0 Å². The average molecular weight is 560 g/mol. The van der Waals surface area contributed by atoms with Crippen molar-refractivity contribution in [3.05, 3.63) is 179 Å². The molecule has 2 nitrogen and oxygen atoms in total. The molecule has 0 aliphatic rings. The molecule has 38 heavy (non-hydrogen) atoms. The third-order valence-corrected chi connectivity index (χ3v) is 7.78. The quantitative estimate of drug-likeness (QED) is 0.153. The Hall–Kier alpha value is -4.21. The number of halogens is 1. The molecule has 0 fully saturated rings. The number of carbonyl (C=O) groups is 1. The average Bonchev–Trinajstić information content (AvgIpc) is 2.98. The van der Waals surface area contributed by atoms with Gasteiger partial charge < -0.3 is 5.11 Å². The van der Waals surface area contributed by atoms with Crippen LogP contribution in [0.2, 0.25) is 0 Å². The summed E-state index contributed by atoms with van der Waals surface area (Å²) < 4.78 is -1.23. The fraction of sp³-hybridized carbons (Fsp3) is 0.0571. The Kier molecular flexibility index (Phi) is 7.67. The zero-order valence-electron chi connectivity index (χ0n) is 20.8. The van der Waals surface area contributed by atoms with E-state index in [4.69, 9.17) is 0 Å². The molecule has 1 atom stereocenters. The molecule has 0 aliphatic heterocycles. The van der Waals surface area contributed by atoms with Crippen LogP contribution in [0, 0.1) is 0 Å². The van der Waals surface area contributed by atoms with Crippen molar-refractivity contribution < 1.29 is 9.90 Å². The van der Waals surface area contributed by atoms with Crippen LogP contribution in [-0.2, 0) is 15.5 Å². The Morgan fingerprint density at radius 1 is 0.526 bits per heavy atom. The van der Waals surface area contributed by atoms with Crippen LogP contribution in [0.1, 0.15) is 33.4 Å². The lowest BCUT2D eigenvalue weighted by Crippen LogP contribution is -2.31. The third kappa shape index (κ3) is 5.39. The summed E-state index contributed by atoms with van der Waals surface area (Å²) in [5.74, 6) is -0.915. The molecule has 0 saturated carbocycles. The van der Waals surface area contributed by atoms with Gasteiger partial charge in [0.15, 0.2) is 4.32 Å². The van der Waals surface area contributed by atoms with Crippen molar-refractivity contribution >= 4 is 33.0 Å². The van der Waals surface area contributed by atoms with Gasteiger partial charge in [0.25, 0.3) is 0 Å². The molecule has 0 radical (unpaired) electrons. The van der Waals surface area contributed by atoms with Gasteiger partial charge in [-0.15, -0.1) is 0 Å². The molecule has 0 spiro atoms. The number of carboxylic acid groups (broad SMARTS) is 1. The van der Waals surface area contributed by atoms with E-state index in [2.05, 4.69) is 76.6 Å². The zero-order valence-corrected chi connectivity index (χ0v) is 22.4. The number of hydrogen-bond acceptors (Lipinski definition) is 1. The second-order valence-electron chi connectivity index (χ2n) is 9.19. The fourth-order valence-corrected chi connectivity index (χ4v) is 5.39. The summed E-state index contributed by atoms with van der Waals surface area (Å²) >= 11 is 3.59. The van der Waals surface area contributed by atoms with E-state index < -0.39 is 10.3 Å². The first kappa shape index (κ1) is 25.4. The fourth-order valence-electron chi connectivity index (χ4n) is 4.80. The predicted octanol–water partition coefficient (Wildman–Crippen LogP) is 8.61. The number of hydrogen-bond donors (Lipinski definition) is 1. The molecule has 0 heterocycles. The Balaban J connectivity index is 1.68. The maximum absolute atomic E-state index is 12.5. The summed E-state index contributed by atoms with van der Waals surface area (Å²) in [6.07, 6.45) is 0.336. The summed E-state index contributed by atoms with van der Waals surface area (Å²) in [6.45, 7) is 0. The molecule has 1 unspecified atom stereocenters. The maximum Gasteiger partial charge on any atom is 0.325 e. The van der Waals surface area contributed by atoms with Crippen molar-refractivity contribution in [2.45, 2.75) is 10.7 Å². The standard InChI is InChI=1S/C35H27BrO2/c36-35(34(37)38,25-26-13-5-1-6-14-26)31-23-21-30(22-24-31)33(29-19-11-4-12-20-29)32(27-15-7-2-8-16-27)28-17-9-3-10-18-28/h1-24H,25H2,(H,37,38). The smallest absolute Gasteiger partial charge is 0.325 e. The number of carboxylic acids is 1. The van der Waals surface area contributed by atoms with Crippen LogP contribution in [0.5, 0.6) is 0 Å². The molecule has 0 bridgehead atoms. The minimum atomic E-state index is -1.23. The molecule has 1 N–H and O–H groups in total. The largest absolute Gasteiger partial charge is 0.480 e. The van der Waals surface area contributed by atoms with Gasteiger partial charge in [0.05, 0.1) is 0 Å². The first-order valence-electron chi connectivity index (χ1n) is 12.5. The first-order valence-corrected chi connectivity index (χ1v) is 13.3. The summed E-state index contributed by atoms with van der Waals surface area (Å²) in [5, 5.41) is 10.2. The molecule has 5 aromatic rings. The highest BCUT2D eigenvalue weighted by atomic mass is 79.9. The predicted molar refractivity (Wildman–Crippen MR) is 159 cm³/mol. The molecule has 0 aromatic heterocycles. The van der Waals surface area contributed by atoms with E-state index in [-0.39, 0.29) is 0 Å². The molecular weight excluding hydrogens is 532 g/mol. The van der Waals surface area contributed by atoms with Crippen LogP contribution >= 0.6 is 15.9 Å². The molecule has 5 aromatic carbocycles. The monoisotopic (exact) mass is 558 g/mol. The number of aliphatic carboxylic acids is 1. The van der Waals surface area contributed by atoms with Gasteiger partial charge in [0.1, 0.15) is 0 Å². The summed E-state index contributed by atoms with van der Waals surface area (Å²) in [7, 11) is 0. The molecule has 5 rings (SSSR count). The van der Waals surface area contributed by atoms with Gasteiger partial charge in [0, 0.05) is 6.42 Å². The molecule has 3 heteroatoms. The van der Waals surface area contributed by atoms with Gasteiger partial charge in [0.2, 0.25) is 0 Å². The van der Waals surface area contributed by atoms with Crippen molar-refractivity contribution in [1.29, 1.82) is 0 Å². The second kappa shape index (κ2) is 11.5. The van der Waals surface area contributed by atoms with Crippen LogP contribution in [0.25, 0.3) is 11.1 Å². The van der Waals surface area contributed by atoms with E-state index in [1.54, 1.807) is 0 Å². The highest BCUT2D eigenvalue weighted by Gasteiger charge is 2.38. The second-order valence-corrected chi connectivity index (χ2v) is 10.5. The van der Waals surface area contributed by atoms with E-state index in [0.717, 1.165) is 39.0 Å². The molecular formula is C35H27BrO2. The maximum atomic E-state index is 12.5. The molecule has 186 valence electrons. The van der Waals surface area contributed by atoms with Crippen molar-refractivity contribution in [3.8, 4) is 0 Å². The highest BCUT2D eigenvalue weighted by molar-refractivity contribution is 9.10. The van der Waals surface area contributed by atoms with Crippen LogP contribution in [0.15, 0.2) is 146 Å². The van der Waals surface area contributed by atoms with Gasteiger partial charge in [-0.25, -0.2) is 0 Å². The topological polar surface area (TPSA) is 37.3 Å². The first-order chi connectivity index (χ1) is 18.6. The number of rotatable bonds is 8. The van der Waals surface area contributed by atoms with Gasteiger partial charge in [-0.2, -0.15) is 0 Å². The van der Waals surface area contributed by atoms with Gasteiger partial charge in [-0.1, -0.05) is 162 Å². The van der Waals surface area contributed by atoms with E-state index in [0.29, 0.717) is 12.0 Å². The summed E-state index contributed by atoms with van der Waals surface area (Å²) in [5.41, 5.74) is 8.21. The molecule has 0 saturated heterocycles.